The number of hydrogen-bond acceptors (Lipinski definition) is 5. The predicted molar refractivity (Wildman–Crippen MR) is 79.8 cm³/mol. The maximum atomic E-state index is 12.4. The van der Waals surface area contributed by atoms with Crippen molar-refractivity contribution in [2.45, 2.75) is 24.3 Å². The molecule has 1 aliphatic rings. The third-order valence-electron chi connectivity index (χ3n) is 3.26. The topological polar surface area (TPSA) is 110 Å². The lowest BCUT2D eigenvalue weighted by molar-refractivity contribution is -0.137. The molecule has 1 aromatic carbocycles. The van der Waals surface area contributed by atoms with Gasteiger partial charge in [0.05, 0.1) is 11.3 Å². The van der Waals surface area contributed by atoms with Crippen molar-refractivity contribution < 1.29 is 18.0 Å². The van der Waals surface area contributed by atoms with Gasteiger partial charge in [-0.15, -0.1) is 0 Å². The third-order valence-corrected chi connectivity index (χ3v) is 5.56. The quantitative estimate of drug-likeness (QED) is 0.585. The van der Waals surface area contributed by atoms with E-state index in [0.29, 0.717) is 10.0 Å². The van der Waals surface area contributed by atoms with Gasteiger partial charge in [0.25, 0.3) is 0 Å². The van der Waals surface area contributed by atoms with Crippen molar-refractivity contribution in [1.82, 2.24) is 9.62 Å². The second kappa shape index (κ2) is 5.39. The van der Waals surface area contributed by atoms with Gasteiger partial charge in [-0.3, -0.25) is 14.5 Å². The minimum Gasteiger partial charge on any atom is -0.398 e. The zero-order valence-electron chi connectivity index (χ0n) is 11.4. The predicted octanol–water partition coefficient (Wildman–Crippen LogP) is 0.375. The summed E-state index contributed by atoms with van der Waals surface area (Å²) in [5.74, 6) is -0.981. The highest BCUT2D eigenvalue weighted by molar-refractivity contribution is 9.10. The molecule has 1 saturated heterocycles. The van der Waals surface area contributed by atoms with Crippen LogP contribution in [-0.4, -0.2) is 38.2 Å². The van der Waals surface area contributed by atoms with E-state index >= 15 is 0 Å². The first-order valence-corrected chi connectivity index (χ1v) is 8.29. The molecular weight excluding hydrogens is 362 g/mol. The Kier molecular flexibility index (Phi) is 4.09. The highest BCUT2D eigenvalue weighted by atomic mass is 79.9. The molecule has 0 saturated carbocycles. The number of carbonyl (C=O) groups is 2. The summed E-state index contributed by atoms with van der Waals surface area (Å²) in [6.07, 6.45) is -0.181. The van der Waals surface area contributed by atoms with Gasteiger partial charge in [-0.2, -0.15) is 4.72 Å². The standard InChI is InChI=1S/C12H14BrN3O4S/c1-6-3-7(13)8(14)4-10(6)21(19,20)15-9-5-11(17)16(2)12(9)18/h3-4,9,15H,5,14H2,1-2H3. The highest BCUT2D eigenvalue weighted by Gasteiger charge is 2.39. The Labute approximate surface area is 130 Å². The normalized spacial score (nSPS) is 19.4. The van der Waals surface area contributed by atoms with Crippen LogP contribution in [0, 0.1) is 6.92 Å². The molecule has 0 aromatic heterocycles. The van der Waals surface area contributed by atoms with Crippen LogP contribution < -0.4 is 10.5 Å². The first-order chi connectivity index (χ1) is 9.63. The third kappa shape index (κ3) is 2.94. The van der Waals surface area contributed by atoms with E-state index in [4.69, 9.17) is 5.73 Å². The molecule has 0 spiro atoms. The van der Waals surface area contributed by atoms with Crippen LogP contribution in [0.2, 0.25) is 0 Å². The van der Waals surface area contributed by atoms with E-state index in [9.17, 15) is 18.0 Å². The monoisotopic (exact) mass is 375 g/mol. The van der Waals surface area contributed by atoms with E-state index in [1.807, 2.05) is 0 Å². The average molecular weight is 376 g/mol. The lowest BCUT2D eigenvalue weighted by atomic mass is 10.2. The summed E-state index contributed by atoms with van der Waals surface area (Å²) in [6.45, 7) is 1.62. The van der Waals surface area contributed by atoms with Gasteiger partial charge in [0.2, 0.25) is 21.8 Å². The largest absolute Gasteiger partial charge is 0.398 e. The van der Waals surface area contributed by atoms with Gasteiger partial charge in [0.15, 0.2) is 0 Å². The van der Waals surface area contributed by atoms with Crippen LogP contribution in [0.5, 0.6) is 0 Å². The molecule has 2 amide bonds. The van der Waals surface area contributed by atoms with Crippen LogP contribution in [0.25, 0.3) is 0 Å². The number of benzene rings is 1. The number of nitrogens with one attached hydrogen (secondary N) is 1. The van der Waals surface area contributed by atoms with Crippen molar-refractivity contribution in [2.75, 3.05) is 12.8 Å². The lowest BCUT2D eigenvalue weighted by Crippen LogP contribution is -2.40. The molecule has 9 heteroatoms. The van der Waals surface area contributed by atoms with Crippen LogP contribution in [0.3, 0.4) is 0 Å². The zero-order valence-corrected chi connectivity index (χ0v) is 13.8. The zero-order chi connectivity index (χ0) is 15.9. The fraction of sp³-hybridized carbons (Fsp3) is 0.333. The van der Waals surface area contributed by atoms with E-state index in [-0.39, 0.29) is 17.0 Å². The van der Waals surface area contributed by atoms with E-state index in [1.165, 1.54) is 13.1 Å². The van der Waals surface area contributed by atoms with Gasteiger partial charge in [0.1, 0.15) is 6.04 Å². The summed E-state index contributed by atoms with van der Waals surface area (Å²) in [7, 11) is -2.62. The first-order valence-electron chi connectivity index (χ1n) is 6.02. The second-order valence-electron chi connectivity index (χ2n) is 4.81. The number of hydrogen-bond donors (Lipinski definition) is 2. The summed E-state index contributed by atoms with van der Waals surface area (Å²) in [5, 5.41) is 0. The molecule has 1 fully saturated rings. The molecule has 3 N–H and O–H groups in total. The molecule has 0 aliphatic carbocycles. The number of sulfonamides is 1. The van der Waals surface area contributed by atoms with Crippen LogP contribution in [-0.2, 0) is 19.6 Å². The number of anilines is 1. The smallest absolute Gasteiger partial charge is 0.247 e. The molecule has 2 rings (SSSR count). The average Bonchev–Trinajstić information content (AvgIpc) is 2.61. The summed E-state index contributed by atoms with van der Waals surface area (Å²) < 4.78 is 27.6. The number of amides is 2. The van der Waals surface area contributed by atoms with Crippen LogP contribution >= 0.6 is 15.9 Å². The molecule has 1 unspecified atom stereocenters. The fourth-order valence-electron chi connectivity index (χ4n) is 2.06. The number of rotatable bonds is 3. The van der Waals surface area contributed by atoms with Crippen LogP contribution in [0.1, 0.15) is 12.0 Å². The Morgan fingerprint density at radius 1 is 1.38 bits per heavy atom. The van der Waals surface area contributed by atoms with E-state index in [0.717, 1.165) is 4.90 Å². The number of nitrogen functional groups attached to an aromatic ring is 1. The number of carbonyl (C=O) groups excluding carboxylic acids is 2. The van der Waals surface area contributed by atoms with Gasteiger partial charge in [-0.05, 0) is 40.5 Å². The first kappa shape index (κ1) is 15.9. The van der Waals surface area contributed by atoms with E-state index in [2.05, 4.69) is 20.7 Å². The molecule has 7 nitrogen and oxygen atoms in total. The van der Waals surface area contributed by atoms with Crippen molar-refractivity contribution in [3.05, 3.63) is 22.2 Å². The maximum Gasteiger partial charge on any atom is 0.247 e. The SMILES string of the molecule is Cc1cc(Br)c(N)cc1S(=O)(=O)NC1CC(=O)N(C)C1=O. The Morgan fingerprint density at radius 3 is 2.52 bits per heavy atom. The molecule has 0 radical (unpaired) electrons. The molecule has 1 aliphatic heterocycles. The van der Waals surface area contributed by atoms with E-state index < -0.39 is 27.9 Å². The number of imide groups is 1. The van der Waals surface area contributed by atoms with Gasteiger partial charge in [0, 0.05) is 17.2 Å². The Morgan fingerprint density at radius 2 is 2.00 bits per heavy atom. The summed E-state index contributed by atoms with van der Waals surface area (Å²) >= 11 is 3.21. The number of aryl methyl sites for hydroxylation is 1. The number of nitrogens with two attached hydrogens (primary N) is 1. The van der Waals surface area contributed by atoms with Crippen molar-refractivity contribution in [1.29, 1.82) is 0 Å². The summed E-state index contributed by atoms with van der Waals surface area (Å²) in [4.78, 5) is 24.1. The number of halogens is 1. The Balaban J connectivity index is 2.34. The second-order valence-corrected chi connectivity index (χ2v) is 7.34. The van der Waals surface area contributed by atoms with Crippen molar-refractivity contribution in [3.63, 3.8) is 0 Å². The summed E-state index contributed by atoms with van der Waals surface area (Å²) in [5.41, 5.74) is 6.45. The van der Waals surface area contributed by atoms with Crippen molar-refractivity contribution in [2.24, 2.45) is 0 Å². The number of likely N-dealkylation sites (N-methyl/N-ethyl adjacent to an activating group) is 1. The lowest BCUT2D eigenvalue weighted by Gasteiger charge is -2.14. The van der Waals surface area contributed by atoms with Crippen LogP contribution in [0.15, 0.2) is 21.5 Å². The minimum atomic E-state index is -3.94. The van der Waals surface area contributed by atoms with Gasteiger partial charge in [-0.25, -0.2) is 8.42 Å². The number of likely N-dealkylation sites (tertiary alicyclic amines) is 1. The van der Waals surface area contributed by atoms with Gasteiger partial charge >= 0.3 is 0 Å². The molecular formula is C12H14BrN3O4S. The Hall–Kier alpha value is -1.45. The minimum absolute atomic E-state index is 0.0157. The number of nitrogens with zero attached hydrogens (tertiary/aromatic N) is 1. The van der Waals surface area contributed by atoms with E-state index in [1.54, 1.807) is 13.0 Å². The molecule has 0 bridgehead atoms. The molecule has 21 heavy (non-hydrogen) atoms. The Bertz CT molecular complexity index is 732. The van der Waals surface area contributed by atoms with Crippen molar-refractivity contribution in [3.8, 4) is 0 Å². The molecule has 1 atom stereocenters. The molecule has 114 valence electrons. The maximum absolute atomic E-state index is 12.4. The van der Waals surface area contributed by atoms with Crippen LogP contribution in [0.4, 0.5) is 5.69 Å². The highest BCUT2D eigenvalue weighted by Crippen LogP contribution is 2.27. The fourth-order valence-corrected chi connectivity index (χ4v) is 3.96. The van der Waals surface area contributed by atoms with Gasteiger partial charge in [-0.1, -0.05) is 0 Å². The molecule has 1 heterocycles. The molecule has 1 aromatic rings. The summed E-state index contributed by atoms with van der Waals surface area (Å²) in [6, 6.07) is 1.82. The van der Waals surface area contributed by atoms with Gasteiger partial charge < -0.3 is 5.73 Å². The van der Waals surface area contributed by atoms with Crippen molar-refractivity contribution >= 4 is 43.5 Å².